The number of rotatable bonds is 6. The molecule has 0 radical (unpaired) electrons. The van der Waals surface area contributed by atoms with Crippen molar-refractivity contribution in [1.29, 1.82) is 0 Å². The minimum Gasteiger partial charge on any atom is -0.505 e. The molecule has 4 rings (SSSR count). The van der Waals surface area contributed by atoms with Gasteiger partial charge in [0.05, 0.1) is 12.6 Å². The zero-order valence-electron chi connectivity index (χ0n) is 17.3. The van der Waals surface area contributed by atoms with Crippen molar-refractivity contribution >= 4 is 22.6 Å². The second kappa shape index (κ2) is 9.11. The molecule has 1 aliphatic carbocycles. The van der Waals surface area contributed by atoms with Gasteiger partial charge in [-0.25, -0.2) is 9.78 Å². The van der Waals surface area contributed by atoms with Crippen LogP contribution in [-0.4, -0.2) is 34.7 Å². The molecule has 2 heterocycles. The Labute approximate surface area is 176 Å². The third-order valence-corrected chi connectivity index (χ3v) is 5.64. The molecule has 0 bridgehead atoms. The number of carbonyl (C=O) groups excluding carboxylic acids is 1. The van der Waals surface area contributed by atoms with E-state index in [0.717, 1.165) is 37.0 Å². The summed E-state index contributed by atoms with van der Waals surface area (Å²) in [4.78, 5) is 20.9. The predicted octanol–water partition coefficient (Wildman–Crippen LogP) is 4.44. The molecule has 0 unspecified atom stereocenters. The largest absolute Gasteiger partial charge is 0.505 e. The van der Waals surface area contributed by atoms with E-state index in [2.05, 4.69) is 33.2 Å². The standard InChI is InChI=1S/C24H27N3O3/c1-30-24(29)23-21(28)14-13-16(26-23)8-7-15-25-22-17-9-3-2-4-11-19(17)27-20-12-6-5-10-18(20)22/h5-6,10,12-14,28H,2-4,7-9,11,15H2,1H3,(H,25,27). The first kappa shape index (κ1) is 20.1. The van der Waals surface area contributed by atoms with Crippen molar-refractivity contribution in [2.24, 2.45) is 0 Å². The Morgan fingerprint density at radius 2 is 1.93 bits per heavy atom. The molecule has 0 atom stereocenters. The molecule has 6 nitrogen and oxygen atoms in total. The number of anilines is 1. The second-order valence-corrected chi connectivity index (χ2v) is 7.68. The van der Waals surface area contributed by atoms with Gasteiger partial charge in [0.15, 0.2) is 5.69 Å². The number of nitrogens with one attached hydrogen (secondary N) is 1. The average Bonchev–Trinajstić information content (AvgIpc) is 3.01. The molecule has 0 aliphatic heterocycles. The van der Waals surface area contributed by atoms with Crippen LogP contribution >= 0.6 is 0 Å². The van der Waals surface area contributed by atoms with E-state index in [1.54, 1.807) is 6.07 Å². The van der Waals surface area contributed by atoms with E-state index in [-0.39, 0.29) is 11.4 Å². The van der Waals surface area contributed by atoms with Gasteiger partial charge < -0.3 is 15.2 Å². The zero-order chi connectivity index (χ0) is 20.9. The first-order valence-corrected chi connectivity index (χ1v) is 10.6. The van der Waals surface area contributed by atoms with Gasteiger partial charge in [-0.3, -0.25) is 4.98 Å². The summed E-state index contributed by atoms with van der Waals surface area (Å²) in [5.41, 5.74) is 5.58. The maximum atomic E-state index is 11.7. The van der Waals surface area contributed by atoms with Crippen LogP contribution in [0.25, 0.3) is 10.9 Å². The number of ether oxygens (including phenoxy) is 1. The van der Waals surface area contributed by atoms with Crippen molar-refractivity contribution < 1.29 is 14.6 Å². The average molecular weight is 405 g/mol. The molecule has 3 aromatic rings. The first-order chi connectivity index (χ1) is 14.7. The molecular formula is C24H27N3O3. The maximum Gasteiger partial charge on any atom is 0.360 e. The third kappa shape index (κ3) is 4.22. The number of pyridine rings is 2. The summed E-state index contributed by atoms with van der Waals surface area (Å²) in [5.74, 6) is -0.784. The molecule has 30 heavy (non-hydrogen) atoms. The van der Waals surface area contributed by atoms with Gasteiger partial charge in [-0.15, -0.1) is 0 Å². The van der Waals surface area contributed by atoms with Crippen molar-refractivity contribution in [2.45, 2.75) is 44.9 Å². The molecule has 1 aliphatic rings. The SMILES string of the molecule is COC(=O)c1nc(CCCNc2c3c(nc4ccccc24)CCCCC3)ccc1O. The molecule has 0 amide bonds. The summed E-state index contributed by atoms with van der Waals surface area (Å²) in [5, 5.41) is 14.7. The molecule has 0 saturated heterocycles. The van der Waals surface area contributed by atoms with Crippen molar-refractivity contribution in [1.82, 2.24) is 9.97 Å². The number of nitrogens with zero attached hydrogens (tertiary/aromatic N) is 2. The predicted molar refractivity (Wildman–Crippen MR) is 117 cm³/mol. The minimum atomic E-state index is -0.626. The molecule has 6 heteroatoms. The van der Waals surface area contributed by atoms with Crippen LogP contribution in [-0.2, 0) is 24.0 Å². The highest BCUT2D eigenvalue weighted by Gasteiger charge is 2.17. The number of hydrogen-bond donors (Lipinski definition) is 2. The molecule has 0 saturated carbocycles. The van der Waals surface area contributed by atoms with Crippen LogP contribution in [0.15, 0.2) is 36.4 Å². The number of para-hydroxylation sites is 1. The fraction of sp³-hybridized carbons (Fsp3) is 0.375. The number of aryl methyl sites for hydroxylation is 2. The molecule has 0 fully saturated rings. The monoisotopic (exact) mass is 405 g/mol. The Bertz CT molecular complexity index is 1060. The van der Waals surface area contributed by atoms with E-state index >= 15 is 0 Å². The fourth-order valence-corrected chi connectivity index (χ4v) is 4.11. The Hall–Kier alpha value is -3.15. The van der Waals surface area contributed by atoms with Gasteiger partial charge >= 0.3 is 5.97 Å². The lowest BCUT2D eigenvalue weighted by Crippen LogP contribution is -2.10. The van der Waals surface area contributed by atoms with Crippen molar-refractivity contribution in [2.75, 3.05) is 19.0 Å². The van der Waals surface area contributed by atoms with Gasteiger partial charge in [0.1, 0.15) is 5.75 Å². The highest BCUT2D eigenvalue weighted by molar-refractivity contribution is 5.93. The Balaban J connectivity index is 1.49. The highest BCUT2D eigenvalue weighted by Crippen LogP contribution is 2.32. The Morgan fingerprint density at radius 1 is 1.10 bits per heavy atom. The number of hydrogen-bond acceptors (Lipinski definition) is 6. The summed E-state index contributed by atoms with van der Waals surface area (Å²) in [7, 11) is 1.28. The number of fused-ring (bicyclic) bond motifs is 2. The van der Waals surface area contributed by atoms with E-state index in [1.807, 2.05) is 6.07 Å². The van der Waals surface area contributed by atoms with Crippen LogP contribution in [0, 0.1) is 0 Å². The van der Waals surface area contributed by atoms with Gasteiger partial charge in [0.2, 0.25) is 0 Å². The topological polar surface area (TPSA) is 84.3 Å². The second-order valence-electron chi connectivity index (χ2n) is 7.68. The zero-order valence-corrected chi connectivity index (χ0v) is 17.3. The van der Waals surface area contributed by atoms with E-state index in [9.17, 15) is 9.90 Å². The van der Waals surface area contributed by atoms with Crippen molar-refractivity contribution in [3.8, 4) is 5.75 Å². The van der Waals surface area contributed by atoms with Crippen molar-refractivity contribution in [3.05, 3.63) is 59.0 Å². The summed E-state index contributed by atoms with van der Waals surface area (Å²) in [6.07, 6.45) is 7.32. The minimum absolute atomic E-state index is 0.0339. The van der Waals surface area contributed by atoms with Crippen LogP contribution in [0.1, 0.15) is 53.1 Å². The molecule has 1 aromatic carbocycles. The smallest absolute Gasteiger partial charge is 0.360 e. The Kier molecular flexibility index (Phi) is 6.12. The molecular weight excluding hydrogens is 378 g/mol. The normalized spacial score (nSPS) is 13.5. The summed E-state index contributed by atoms with van der Waals surface area (Å²) in [6, 6.07) is 11.6. The molecule has 2 aromatic heterocycles. The van der Waals surface area contributed by atoms with Crippen LogP contribution in [0.3, 0.4) is 0 Å². The number of aromatic nitrogens is 2. The van der Waals surface area contributed by atoms with E-state index in [1.165, 1.54) is 54.8 Å². The lowest BCUT2D eigenvalue weighted by molar-refractivity contribution is 0.0590. The van der Waals surface area contributed by atoms with E-state index in [0.29, 0.717) is 6.42 Å². The van der Waals surface area contributed by atoms with Gasteiger partial charge in [-0.05, 0) is 62.3 Å². The quantitative estimate of drug-likeness (QED) is 0.358. The molecule has 2 N–H and O–H groups in total. The third-order valence-electron chi connectivity index (χ3n) is 5.64. The van der Waals surface area contributed by atoms with Crippen LogP contribution < -0.4 is 5.32 Å². The number of carbonyl (C=O) groups is 1. The fourth-order valence-electron chi connectivity index (χ4n) is 4.11. The van der Waals surface area contributed by atoms with E-state index in [4.69, 9.17) is 4.98 Å². The van der Waals surface area contributed by atoms with Gasteiger partial charge in [0, 0.05) is 29.0 Å². The number of benzene rings is 1. The van der Waals surface area contributed by atoms with Crippen molar-refractivity contribution in [3.63, 3.8) is 0 Å². The lowest BCUT2D eigenvalue weighted by Gasteiger charge is -2.17. The van der Waals surface area contributed by atoms with Crippen LogP contribution in [0.4, 0.5) is 5.69 Å². The Morgan fingerprint density at radius 3 is 2.80 bits per heavy atom. The molecule has 0 spiro atoms. The highest BCUT2D eigenvalue weighted by atomic mass is 16.5. The maximum absolute atomic E-state index is 11.7. The summed E-state index contributed by atoms with van der Waals surface area (Å²) >= 11 is 0. The van der Waals surface area contributed by atoms with Gasteiger partial charge in [0.25, 0.3) is 0 Å². The van der Waals surface area contributed by atoms with Crippen LogP contribution in [0.5, 0.6) is 5.75 Å². The lowest BCUT2D eigenvalue weighted by atomic mass is 10.0. The molecule has 156 valence electrons. The number of aromatic hydroxyl groups is 1. The summed E-state index contributed by atoms with van der Waals surface area (Å²) in [6.45, 7) is 0.788. The van der Waals surface area contributed by atoms with E-state index < -0.39 is 5.97 Å². The summed E-state index contributed by atoms with van der Waals surface area (Å²) < 4.78 is 4.68. The van der Waals surface area contributed by atoms with Crippen LogP contribution in [0.2, 0.25) is 0 Å². The number of methoxy groups -OCH3 is 1. The van der Waals surface area contributed by atoms with Gasteiger partial charge in [-0.2, -0.15) is 0 Å². The number of esters is 1. The van der Waals surface area contributed by atoms with Gasteiger partial charge in [-0.1, -0.05) is 24.6 Å². The first-order valence-electron chi connectivity index (χ1n) is 10.6.